The van der Waals surface area contributed by atoms with Crippen molar-refractivity contribution in [3.8, 4) is 17.6 Å². The number of aliphatic carboxylic acids is 1. The van der Waals surface area contributed by atoms with Gasteiger partial charge in [0.05, 0.1) is 17.3 Å². The van der Waals surface area contributed by atoms with Crippen molar-refractivity contribution < 1.29 is 28.8 Å². The fourth-order valence-electron chi connectivity index (χ4n) is 3.21. The lowest BCUT2D eigenvalue weighted by molar-refractivity contribution is -0.151. The van der Waals surface area contributed by atoms with E-state index in [9.17, 15) is 9.90 Å². The van der Waals surface area contributed by atoms with Gasteiger partial charge in [0.1, 0.15) is 12.4 Å². The Bertz CT molecular complexity index is 939. The zero-order valence-corrected chi connectivity index (χ0v) is 20.3. The summed E-state index contributed by atoms with van der Waals surface area (Å²) in [7, 11) is 3.25. The molecule has 6 nitrogen and oxygen atoms in total. The minimum Gasteiger partial charge on any atom is -0.501 e. The Balaban J connectivity index is 1.96. The van der Waals surface area contributed by atoms with Crippen molar-refractivity contribution >= 4 is 21.9 Å². The van der Waals surface area contributed by atoms with Crippen molar-refractivity contribution in [3.63, 3.8) is 0 Å². The van der Waals surface area contributed by atoms with Crippen molar-refractivity contribution in [2.45, 2.75) is 37.9 Å². The van der Waals surface area contributed by atoms with Gasteiger partial charge in [0, 0.05) is 26.1 Å². The van der Waals surface area contributed by atoms with Crippen LogP contribution in [0.15, 0.2) is 58.8 Å². The number of hydrogen-bond acceptors (Lipinski definition) is 5. The second-order valence-corrected chi connectivity index (χ2v) is 8.00. The highest BCUT2D eigenvalue weighted by Gasteiger charge is 2.28. The van der Waals surface area contributed by atoms with Crippen LogP contribution in [0.25, 0.3) is 0 Å². The first kappa shape index (κ1) is 25.7. The molecule has 1 aliphatic carbocycles. The van der Waals surface area contributed by atoms with Crippen LogP contribution in [0.1, 0.15) is 31.7 Å². The van der Waals surface area contributed by atoms with Crippen LogP contribution in [0.3, 0.4) is 0 Å². The van der Waals surface area contributed by atoms with Crippen molar-refractivity contribution in [1.29, 1.82) is 0 Å². The molecule has 32 heavy (non-hydrogen) atoms. The molecule has 0 radical (unpaired) electrons. The van der Waals surface area contributed by atoms with E-state index in [0.717, 1.165) is 15.8 Å². The highest BCUT2D eigenvalue weighted by molar-refractivity contribution is 9.10. The number of ether oxygens (including phenoxy) is 4. The summed E-state index contributed by atoms with van der Waals surface area (Å²) in [6.07, 6.45) is 8.88. The Morgan fingerprint density at radius 2 is 2.16 bits per heavy atom. The minimum absolute atomic E-state index is 0.302. The van der Waals surface area contributed by atoms with Gasteiger partial charge in [-0.25, -0.2) is 4.79 Å². The van der Waals surface area contributed by atoms with Crippen molar-refractivity contribution in [2.24, 2.45) is 0 Å². The average Bonchev–Trinajstić information content (AvgIpc) is 2.80. The largest absolute Gasteiger partial charge is 0.501 e. The normalized spacial score (nSPS) is 19.6. The molecule has 0 fully saturated rings. The molecule has 1 aromatic rings. The smallest absolute Gasteiger partial charge is 0.333 e. The van der Waals surface area contributed by atoms with Crippen molar-refractivity contribution in [3.05, 3.63) is 64.4 Å². The van der Waals surface area contributed by atoms with E-state index in [0.29, 0.717) is 25.4 Å². The molecule has 0 spiro atoms. The molecule has 1 aliphatic rings. The molecule has 0 aromatic heterocycles. The molecular weight excluding hydrogens is 476 g/mol. The standard InChI is InChI=1S/C25H29BrO6/c1-5-31-23(24(27)28)18(2)19-11-12-22(21(26)16-19)32-15-8-6-7-13-25(30-4)14-9-10-20(17-25)29-3/h6,8-12,14,16,18,23H,5,15,17H2,1-4H3,(H,27,28)/t18?,23-,25?/m0/s1. The van der Waals surface area contributed by atoms with Gasteiger partial charge < -0.3 is 24.1 Å². The van der Waals surface area contributed by atoms with Gasteiger partial charge in [-0.3, -0.25) is 0 Å². The SMILES string of the molecule is CCO[C@H](C(=O)O)C(C)c1ccc(OCC=CC#CC2(OC)C=CC=C(OC)C2)c(Br)c1. The molecule has 0 saturated carbocycles. The number of allylic oxidation sites excluding steroid dienone is 3. The van der Waals surface area contributed by atoms with Crippen LogP contribution < -0.4 is 4.74 Å². The Labute approximate surface area is 198 Å². The number of carboxylic acids is 1. The maximum absolute atomic E-state index is 11.5. The number of hydrogen-bond donors (Lipinski definition) is 1. The van der Waals surface area contributed by atoms with E-state index < -0.39 is 17.7 Å². The molecule has 1 aromatic carbocycles. The highest BCUT2D eigenvalue weighted by atomic mass is 79.9. The summed E-state index contributed by atoms with van der Waals surface area (Å²) in [5, 5.41) is 9.39. The summed E-state index contributed by atoms with van der Waals surface area (Å²) in [5.41, 5.74) is 0.150. The molecule has 0 amide bonds. The van der Waals surface area contributed by atoms with Crippen LogP contribution in [0, 0.1) is 11.8 Å². The first-order chi connectivity index (χ1) is 15.4. The zero-order valence-electron chi connectivity index (χ0n) is 18.8. The van der Waals surface area contributed by atoms with E-state index in [2.05, 4.69) is 27.8 Å². The topological polar surface area (TPSA) is 74.2 Å². The summed E-state index contributed by atoms with van der Waals surface area (Å²) in [6, 6.07) is 5.52. The van der Waals surface area contributed by atoms with Gasteiger partial charge in [0.15, 0.2) is 11.7 Å². The van der Waals surface area contributed by atoms with E-state index in [1.165, 1.54) is 0 Å². The average molecular weight is 505 g/mol. The van der Waals surface area contributed by atoms with Crippen LogP contribution >= 0.6 is 15.9 Å². The molecular formula is C25H29BrO6. The maximum atomic E-state index is 11.5. The summed E-state index contributed by atoms with van der Waals surface area (Å²) in [5.74, 6) is 6.31. The Morgan fingerprint density at radius 3 is 2.78 bits per heavy atom. The number of carbonyl (C=O) groups is 1. The van der Waals surface area contributed by atoms with Gasteiger partial charge in [-0.1, -0.05) is 30.9 Å². The summed E-state index contributed by atoms with van der Waals surface area (Å²) in [4.78, 5) is 11.5. The molecule has 0 bridgehead atoms. The first-order valence-corrected chi connectivity index (χ1v) is 11.1. The minimum atomic E-state index is -0.976. The lowest BCUT2D eigenvalue weighted by Crippen LogP contribution is -2.29. The van der Waals surface area contributed by atoms with Crippen molar-refractivity contribution in [1.82, 2.24) is 0 Å². The number of carboxylic acid groups (broad SMARTS) is 1. The molecule has 2 unspecified atom stereocenters. The van der Waals surface area contributed by atoms with E-state index in [-0.39, 0.29) is 5.92 Å². The first-order valence-electron chi connectivity index (χ1n) is 10.3. The van der Waals surface area contributed by atoms with Gasteiger partial charge in [-0.05, 0) is 64.9 Å². The van der Waals surface area contributed by atoms with Crippen LogP contribution in [0.4, 0.5) is 0 Å². The maximum Gasteiger partial charge on any atom is 0.333 e. The third-order valence-electron chi connectivity index (χ3n) is 5.06. The highest BCUT2D eigenvalue weighted by Crippen LogP contribution is 2.31. The quantitative estimate of drug-likeness (QED) is 0.458. The van der Waals surface area contributed by atoms with Gasteiger partial charge >= 0.3 is 5.97 Å². The molecule has 1 N–H and O–H groups in total. The Morgan fingerprint density at radius 1 is 1.38 bits per heavy atom. The third kappa shape index (κ3) is 6.99. The summed E-state index contributed by atoms with van der Waals surface area (Å²) in [6.45, 7) is 4.28. The number of halogens is 1. The van der Waals surface area contributed by atoms with Crippen LogP contribution in [0.5, 0.6) is 5.75 Å². The molecule has 3 atom stereocenters. The van der Waals surface area contributed by atoms with Crippen LogP contribution in [-0.4, -0.2) is 50.2 Å². The van der Waals surface area contributed by atoms with Gasteiger partial charge in [-0.2, -0.15) is 0 Å². The monoisotopic (exact) mass is 504 g/mol. The molecule has 2 rings (SSSR count). The second kappa shape index (κ2) is 12.5. The lowest BCUT2D eigenvalue weighted by atomic mass is 9.94. The summed E-state index contributed by atoms with van der Waals surface area (Å²) < 4.78 is 22.8. The van der Waals surface area contributed by atoms with Crippen LogP contribution in [-0.2, 0) is 19.0 Å². The predicted molar refractivity (Wildman–Crippen MR) is 127 cm³/mol. The lowest BCUT2D eigenvalue weighted by Gasteiger charge is -2.26. The van der Waals surface area contributed by atoms with Crippen LogP contribution in [0.2, 0.25) is 0 Å². The predicted octanol–water partition coefficient (Wildman–Crippen LogP) is 4.86. The Kier molecular flexibility index (Phi) is 10.0. The molecule has 7 heteroatoms. The van der Waals surface area contributed by atoms with E-state index in [4.69, 9.17) is 18.9 Å². The zero-order chi connectivity index (χ0) is 23.6. The molecule has 172 valence electrons. The summed E-state index contributed by atoms with van der Waals surface area (Å²) >= 11 is 3.50. The second-order valence-electron chi connectivity index (χ2n) is 7.14. The van der Waals surface area contributed by atoms with E-state index in [1.54, 1.807) is 27.2 Å². The van der Waals surface area contributed by atoms with E-state index in [1.807, 2.05) is 49.4 Å². The fourth-order valence-corrected chi connectivity index (χ4v) is 3.73. The Hall–Kier alpha value is -2.53. The number of benzene rings is 1. The van der Waals surface area contributed by atoms with Gasteiger partial charge in [-0.15, -0.1) is 0 Å². The van der Waals surface area contributed by atoms with E-state index >= 15 is 0 Å². The van der Waals surface area contributed by atoms with Gasteiger partial charge in [0.25, 0.3) is 0 Å². The van der Waals surface area contributed by atoms with Crippen molar-refractivity contribution in [2.75, 3.05) is 27.4 Å². The third-order valence-corrected chi connectivity index (χ3v) is 5.68. The fraction of sp³-hybridized carbons (Fsp3) is 0.400. The molecule has 0 saturated heterocycles. The molecule has 0 heterocycles. The number of methoxy groups -OCH3 is 2. The number of rotatable bonds is 10. The molecule has 0 aliphatic heterocycles. The van der Waals surface area contributed by atoms with Gasteiger partial charge in [0.2, 0.25) is 0 Å².